The van der Waals surface area contributed by atoms with E-state index in [4.69, 9.17) is 4.42 Å². The Morgan fingerprint density at radius 3 is 2.46 bits per heavy atom. The predicted molar refractivity (Wildman–Crippen MR) is 162 cm³/mol. The molecule has 0 bridgehead atoms. The van der Waals surface area contributed by atoms with Crippen molar-refractivity contribution in [2.24, 2.45) is 10.9 Å². The van der Waals surface area contributed by atoms with E-state index < -0.39 is 35.9 Å². The van der Waals surface area contributed by atoms with Crippen molar-refractivity contribution in [3.63, 3.8) is 0 Å². The van der Waals surface area contributed by atoms with Crippen molar-refractivity contribution in [2.45, 2.75) is 43.4 Å². The highest BCUT2D eigenvalue weighted by Gasteiger charge is 2.57. The molecule has 14 heteroatoms. The minimum atomic E-state index is -4.31. The summed E-state index contributed by atoms with van der Waals surface area (Å²) in [6.07, 6.45) is 1.13. The number of aliphatic imine (C=N–C) groups is 1. The Morgan fingerprint density at radius 2 is 1.74 bits per heavy atom. The Morgan fingerprint density at radius 1 is 0.957 bits per heavy atom. The lowest BCUT2D eigenvalue weighted by Gasteiger charge is -2.11. The van der Waals surface area contributed by atoms with E-state index in [1.54, 1.807) is 30.6 Å². The summed E-state index contributed by atoms with van der Waals surface area (Å²) < 4.78 is 61.2. The normalized spacial score (nSPS) is 20.8. The first kappa shape index (κ1) is 28.5. The maximum Gasteiger partial charge on any atom is 0.392 e. The highest BCUT2D eigenvalue weighted by Crippen LogP contribution is 2.58. The molecule has 2 N–H and O–H groups in total. The summed E-state index contributed by atoms with van der Waals surface area (Å²) in [7, 11) is 0. The van der Waals surface area contributed by atoms with Gasteiger partial charge in [-0.2, -0.15) is 13.2 Å². The van der Waals surface area contributed by atoms with Crippen LogP contribution in [-0.4, -0.2) is 43.9 Å². The molecule has 5 aromatic rings. The molecule has 3 atom stereocenters. The van der Waals surface area contributed by atoms with Gasteiger partial charge < -0.3 is 15.1 Å². The first-order chi connectivity index (χ1) is 22.2. The molecule has 2 saturated carbocycles. The lowest BCUT2D eigenvalue weighted by Crippen LogP contribution is -2.32. The zero-order valence-electron chi connectivity index (χ0n) is 23.8. The number of halogens is 4. The number of hydrogen-bond donors (Lipinski definition) is 2. The van der Waals surface area contributed by atoms with Gasteiger partial charge in [0.2, 0.25) is 6.17 Å². The van der Waals surface area contributed by atoms with Crippen LogP contribution in [0.4, 0.5) is 29.3 Å². The van der Waals surface area contributed by atoms with Crippen molar-refractivity contribution in [1.29, 1.82) is 0 Å². The highest BCUT2D eigenvalue weighted by atomic mass is 32.1. The number of fused-ring (bicyclic) bond motifs is 1. The summed E-state index contributed by atoms with van der Waals surface area (Å²) in [6.45, 7) is 0. The van der Waals surface area contributed by atoms with Crippen LogP contribution in [0.3, 0.4) is 0 Å². The van der Waals surface area contributed by atoms with Gasteiger partial charge in [-0.15, -0.1) is 11.3 Å². The van der Waals surface area contributed by atoms with Crippen LogP contribution >= 0.6 is 11.3 Å². The van der Waals surface area contributed by atoms with Crippen molar-refractivity contribution in [3.8, 4) is 21.9 Å². The molecule has 4 heterocycles. The van der Waals surface area contributed by atoms with E-state index in [1.165, 1.54) is 18.3 Å². The summed E-state index contributed by atoms with van der Waals surface area (Å²) >= 11 is 1.15. The number of rotatable bonds is 7. The Hall–Kier alpha value is -4.98. The van der Waals surface area contributed by atoms with Gasteiger partial charge in [0.15, 0.2) is 5.76 Å². The first-order valence-corrected chi connectivity index (χ1v) is 15.4. The Kier molecular flexibility index (Phi) is 6.71. The first-order valence-electron chi connectivity index (χ1n) is 14.6. The number of para-hydroxylation sites is 1. The van der Waals surface area contributed by atoms with Crippen LogP contribution in [-0.2, 0) is 4.79 Å². The minimum absolute atomic E-state index is 0.000648. The molecule has 1 amide bonds. The molecule has 3 aromatic heterocycles. The van der Waals surface area contributed by atoms with Gasteiger partial charge in [0, 0.05) is 40.9 Å². The molecule has 3 aliphatic rings. The molecule has 2 fully saturated rings. The second-order valence-corrected chi connectivity index (χ2v) is 12.4. The smallest absolute Gasteiger partial charge is 0.392 e. The second-order valence-electron chi connectivity index (χ2n) is 11.4. The molecular formula is C32H23F4N7O2S. The van der Waals surface area contributed by atoms with Gasteiger partial charge in [0.05, 0.1) is 33.4 Å². The number of aromatic nitrogens is 4. The number of carbonyl (C=O) groups excluding carboxylic acids is 1. The molecule has 0 saturated heterocycles. The fourth-order valence-electron chi connectivity index (χ4n) is 5.48. The van der Waals surface area contributed by atoms with E-state index in [2.05, 4.69) is 35.6 Å². The Labute approximate surface area is 262 Å². The zero-order valence-corrected chi connectivity index (χ0v) is 24.6. The predicted octanol–water partition coefficient (Wildman–Crippen LogP) is 7.17. The largest absolute Gasteiger partial charge is 0.422 e. The van der Waals surface area contributed by atoms with Crippen LogP contribution in [0.5, 0.6) is 0 Å². The number of nitrogens with zero attached hydrogens (tertiary/aromatic N) is 5. The molecule has 0 spiro atoms. The third-order valence-corrected chi connectivity index (χ3v) is 9.35. The second kappa shape index (κ2) is 10.8. The van der Waals surface area contributed by atoms with Crippen molar-refractivity contribution >= 4 is 34.7 Å². The molecule has 2 unspecified atom stereocenters. The lowest BCUT2D eigenvalue weighted by atomic mass is 10.0. The maximum atomic E-state index is 14.9. The molecule has 8 rings (SSSR count). The monoisotopic (exact) mass is 645 g/mol. The number of alkyl halides is 3. The number of amides is 1. The number of oxazole rings is 1. The van der Waals surface area contributed by atoms with Crippen LogP contribution in [0.25, 0.3) is 21.9 Å². The molecule has 46 heavy (non-hydrogen) atoms. The number of hydrogen-bond acceptors (Lipinski definition) is 9. The minimum Gasteiger partial charge on any atom is -0.422 e. The molecule has 2 aliphatic carbocycles. The summed E-state index contributed by atoms with van der Waals surface area (Å²) in [6, 6.07) is 13.4. The highest BCUT2D eigenvalue weighted by molar-refractivity contribution is 7.15. The van der Waals surface area contributed by atoms with E-state index in [9.17, 15) is 22.4 Å². The van der Waals surface area contributed by atoms with E-state index >= 15 is 0 Å². The van der Waals surface area contributed by atoms with E-state index in [-0.39, 0.29) is 23.9 Å². The lowest BCUT2D eigenvalue weighted by molar-refractivity contribution is -0.148. The third-order valence-electron chi connectivity index (χ3n) is 8.12. The fraction of sp³-hybridized carbons (Fsp3) is 0.250. The van der Waals surface area contributed by atoms with Crippen molar-refractivity contribution in [3.05, 3.63) is 94.9 Å². The van der Waals surface area contributed by atoms with Crippen LogP contribution in [0, 0.1) is 11.7 Å². The van der Waals surface area contributed by atoms with Gasteiger partial charge in [0.25, 0.3) is 11.9 Å². The maximum absolute atomic E-state index is 14.9. The van der Waals surface area contributed by atoms with Crippen LogP contribution in [0.15, 0.2) is 76.5 Å². The summed E-state index contributed by atoms with van der Waals surface area (Å²) in [4.78, 5) is 36.3. The number of benzodiazepines with no additional fused rings is 1. The number of nitrogens with one attached hydrogen (secondary N) is 2. The van der Waals surface area contributed by atoms with Gasteiger partial charge in [-0.3, -0.25) is 4.79 Å². The van der Waals surface area contributed by atoms with Gasteiger partial charge in [-0.1, -0.05) is 42.5 Å². The van der Waals surface area contributed by atoms with Crippen molar-refractivity contribution < 1.29 is 26.8 Å². The molecular weight excluding hydrogens is 622 g/mol. The Bertz CT molecular complexity index is 1990. The quantitative estimate of drug-likeness (QED) is 0.180. The van der Waals surface area contributed by atoms with E-state index in [0.717, 1.165) is 30.0 Å². The van der Waals surface area contributed by atoms with Gasteiger partial charge in [-0.05, 0) is 25.3 Å². The van der Waals surface area contributed by atoms with Gasteiger partial charge in [0.1, 0.15) is 17.3 Å². The average Bonchev–Trinajstić information content (AvgIpc) is 3.97. The summed E-state index contributed by atoms with van der Waals surface area (Å²) in [5.74, 6) is -2.20. The molecule has 1 aliphatic heterocycles. The SMILES string of the molecule is O=C1Nc2c(F)cccc2C(c2ccccc2)=N[C@H]1Nc1ncc(-c2nc(C3CC3C(F)(F)F)sc2-c2cnc(C3CC3)nc2)o1. The fourth-order valence-corrected chi connectivity index (χ4v) is 6.71. The summed E-state index contributed by atoms with van der Waals surface area (Å²) in [5.41, 5.74) is 2.34. The van der Waals surface area contributed by atoms with Crippen LogP contribution < -0.4 is 10.6 Å². The molecule has 9 nitrogen and oxygen atoms in total. The average molecular weight is 646 g/mol. The topological polar surface area (TPSA) is 118 Å². The number of thiazole rings is 1. The van der Waals surface area contributed by atoms with Crippen molar-refractivity contribution in [1.82, 2.24) is 19.9 Å². The van der Waals surface area contributed by atoms with E-state index in [1.807, 2.05) is 18.2 Å². The van der Waals surface area contributed by atoms with Crippen LogP contribution in [0.2, 0.25) is 0 Å². The zero-order chi connectivity index (χ0) is 31.6. The number of anilines is 2. The standard InChI is InChI=1S/C32H23F4N7O2S/c33-21-8-4-7-18-23(15-5-2-1-3-6-15)40-28(29(44)41-24(18)21)43-31-39-14-22(45-31)25-26(17-12-37-27(38-13-17)16-9-10-16)46-30(42-25)19-11-20(19)32(34,35)36/h1-8,12-14,16,19-20,28H,9-11H2,(H,39,43)(H,41,44)/t19?,20?,28-/m0/s1. The molecule has 232 valence electrons. The van der Waals surface area contributed by atoms with Crippen LogP contribution in [0.1, 0.15) is 53.1 Å². The van der Waals surface area contributed by atoms with Gasteiger partial charge in [-0.25, -0.2) is 29.3 Å². The van der Waals surface area contributed by atoms with Crippen molar-refractivity contribution in [2.75, 3.05) is 10.6 Å². The third kappa shape index (κ3) is 5.31. The Balaban J connectivity index is 1.13. The number of carbonyl (C=O) groups is 1. The van der Waals surface area contributed by atoms with E-state index in [0.29, 0.717) is 43.9 Å². The summed E-state index contributed by atoms with van der Waals surface area (Å²) in [5, 5.41) is 5.82. The molecule has 2 aromatic carbocycles. The molecule has 0 radical (unpaired) electrons. The number of benzene rings is 2. The van der Waals surface area contributed by atoms with Gasteiger partial charge >= 0.3 is 6.18 Å².